The summed E-state index contributed by atoms with van der Waals surface area (Å²) in [5, 5.41) is 10.9. The summed E-state index contributed by atoms with van der Waals surface area (Å²) >= 11 is 1.02. The lowest BCUT2D eigenvalue weighted by Gasteiger charge is -2.26. The Balaban J connectivity index is 2.86. The molecule has 0 saturated heterocycles. The maximum Gasteiger partial charge on any atom is 0.453 e. The third-order valence-corrected chi connectivity index (χ3v) is 4.07. The first-order chi connectivity index (χ1) is 11.6. The molecule has 0 radical (unpaired) electrons. The Hall–Kier alpha value is -1.84. The molecule has 140 valence electrons. The molecule has 1 rings (SSSR count). The van der Waals surface area contributed by atoms with Gasteiger partial charge in [0, 0.05) is 19.5 Å². The fourth-order valence-corrected chi connectivity index (χ4v) is 2.66. The van der Waals surface area contributed by atoms with Crippen molar-refractivity contribution in [1.82, 2.24) is 4.90 Å². The summed E-state index contributed by atoms with van der Waals surface area (Å²) in [5.41, 5.74) is 0.758. The van der Waals surface area contributed by atoms with Crippen LogP contribution in [0, 0.1) is 10.1 Å². The van der Waals surface area contributed by atoms with Gasteiger partial charge in [0.15, 0.2) is 0 Å². The molecule has 0 fully saturated rings. The molecule has 0 N–H and O–H groups in total. The molecule has 0 spiro atoms. The predicted octanol–water partition coefficient (Wildman–Crippen LogP) is 4.91. The summed E-state index contributed by atoms with van der Waals surface area (Å²) in [7, 11) is 0. The van der Waals surface area contributed by atoms with E-state index < -0.39 is 29.9 Å². The fourth-order valence-electron chi connectivity index (χ4n) is 2.06. The van der Waals surface area contributed by atoms with Crippen molar-refractivity contribution in [1.29, 1.82) is 0 Å². The van der Waals surface area contributed by atoms with Crippen LogP contribution in [0.25, 0.3) is 0 Å². The van der Waals surface area contributed by atoms with E-state index in [-0.39, 0.29) is 18.1 Å². The highest BCUT2D eigenvalue weighted by atomic mass is 32.2. The van der Waals surface area contributed by atoms with E-state index in [1.807, 2.05) is 0 Å². The van der Waals surface area contributed by atoms with E-state index in [4.69, 9.17) is 0 Å². The lowest BCUT2D eigenvalue weighted by molar-refractivity contribution is -0.403. The SMILES string of the molecule is CS/C(=C\[N+](=O)[O-])N(CCCC(F)(F)C(F)(F)F)Cc1ccccc1. The van der Waals surface area contributed by atoms with Crippen LogP contribution in [-0.4, -0.2) is 34.7 Å². The molecule has 0 aliphatic rings. The number of nitrogens with zero attached hydrogens (tertiary/aromatic N) is 2. The van der Waals surface area contributed by atoms with Crippen molar-refractivity contribution in [2.75, 3.05) is 12.8 Å². The predicted molar refractivity (Wildman–Crippen MR) is 85.7 cm³/mol. The van der Waals surface area contributed by atoms with Gasteiger partial charge in [0.25, 0.3) is 6.20 Å². The first-order valence-corrected chi connectivity index (χ1v) is 8.42. The van der Waals surface area contributed by atoms with Crippen molar-refractivity contribution >= 4 is 11.8 Å². The second-order valence-electron chi connectivity index (χ2n) is 5.17. The summed E-state index contributed by atoms with van der Waals surface area (Å²) < 4.78 is 62.8. The maximum atomic E-state index is 13.0. The lowest BCUT2D eigenvalue weighted by atomic mass is 10.1. The Morgan fingerprint density at radius 1 is 1.24 bits per heavy atom. The van der Waals surface area contributed by atoms with Crippen LogP contribution in [0.3, 0.4) is 0 Å². The molecule has 1 aromatic rings. The highest BCUT2D eigenvalue weighted by Crippen LogP contribution is 2.39. The van der Waals surface area contributed by atoms with Gasteiger partial charge in [0.1, 0.15) is 5.03 Å². The van der Waals surface area contributed by atoms with Crippen molar-refractivity contribution in [3.05, 3.63) is 57.2 Å². The first-order valence-electron chi connectivity index (χ1n) is 7.19. The van der Waals surface area contributed by atoms with E-state index in [1.54, 1.807) is 36.6 Å². The van der Waals surface area contributed by atoms with E-state index in [0.717, 1.165) is 23.5 Å². The molecular weight excluding hydrogens is 367 g/mol. The summed E-state index contributed by atoms with van der Waals surface area (Å²) in [5.74, 6) is -4.78. The van der Waals surface area contributed by atoms with E-state index >= 15 is 0 Å². The quantitative estimate of drug-likeness (QED) is 0.345. The van der Waals surface area contributed by atoms with Gasteiger partial charge in [-0.3, -0.25) is 10.1 Å². The van der Waals surface area contributed by atoms with Gasteiger partial charge in [-0.2, -0.15) is 22.0 Å². The van der Waals surface area contributed by atoms with Crippen LogP contribution in [0.15, 0.2) is 41.6 Å². The molecule has 0 atom stereocenters. The van der Waals surface area contributed by atoms with Gasteiger partial charge in [-0.1, -0.05) is 30.3 Å². The number of benzene rings is 1. The van der Waals surface area contributed by atoms with Crippen LogP contribution >= 0.6 is 11.8 Å². The average molecular weight is 384 g/mol. The van der Waals surface area contributed by atoms with Gasteiger partial charge in [0.2, 0.25) is 0 Å². The van der Waals surface area contributed by atoms with E-state index in [9.17, 15) is 32.1 Å². The Bertz CT molecular complexity index is 593. The summed E-state index contributed by atoms with van der Waals surface area (Å²) in [6, 6.07) is 8.71. The number of hydrogen-bond acceptors (Lipinski definition) is 4. The minimum absolute atomic E-state index is 0.166. The standard InChI is InChI=1S/C15H17F5N2O2S/c1-25-13(11-22(23)24)21(10-12-6-3-2-4-7-12)9-5-8-14(16,17)15(18,19)20/h2-4,6-7,11H,5,8-10H2,1H3/b13-11-. The Kier molecular flexibility index (Phi) is 7.65. The minimum Gasteiger partial charge on any atom is -0.357 e. The third-order valence-electron chi connectivity index (χ3n) is 3.29. The number of thioether (sulfide) groups is 1. The molecule has 0 aliphatic carbocycles. The third kappa shape index (κ3) is 6.89. The molecule has 10 heteroatoms. The Morgan fingerprint density at radius 3 is 2.32 bits per heavy atom. The molecule has 0 unspecified atom stereocenters. The van der Waals surface area contributed by atoms with Crippen molar-refractivity contribution in [3.8, 4) is 0 Å². The molecule has 0 saturated carbocycles. The molecule has 0 heterocycles. The topological polar surface area (TPSA) is 46.4 Å². The number of alkyl halides is 5. The summed E-state index contributed by atoms with van der Waals surface area (Å²) in [4.78, 5) is 11.4. The number of hydrogen-bond donors (Lipinski definition) is 0. The van der Waals surface area contributed by atoms with Gasteiger partial charge in [-0.25, -0.2) is 0 Å². The average Bonchev–Trinajstić information content (AvgIpc) is 2.51. The lowest BCUT2D eigenvalue weighted by Crippen LogP contribution is -2.37. The second kappa shape index (κ2) is 9.02. The van der Waals surface area contributed by atoms with Gasteiger partial charge in [-0.05, 0) is 18.2 Å². The smallest absolute Gasteiger partial charge is 0.357 e. The van der Waals surface area contributed by atoms with Crippen molar-refractivity contribution in [3.63, 3.8) is 0 Å². The van der Waals surface area contributed by atoms with Gasteiger partial charge < -0.3 is 4.90 Å². The van der Waals surface area contributed by atoms with Crippen LogP contribution in [-0.2, 0) is 6.54 Å². The van der Waals surface area contributed by atoms with Crippen LogP contribution < -0.4 is 0 Å². The number of nitro groups is 1. The van der Waals surface area contributed by atoms with Crippen molar-refractivity contribution in [2.45, 2.75) is 31.5 Å². The number of rotatable bonds is 9. The van der Waals surface area contributed by atoms with Gasteiger partial charge in [-0.15, -0.1) is 11.8 Å². The molecule has 25 heavy (non-hydrogen) atoms. The van der Waals surface area contributed by atoms with Gasteiger partial charge >= 0.3 is 12.1 Å². The first kappa shape index (κ1) is 21.2. The molecule has 0 aromatic heterocycles. The molecule has 4 nitrogen and oxygen atoms in total. The molecule has 1 aromatic carbocycles. The van der Waals surface area contributed by atoms with E-state index in [2.05, 4.69) is 0 Å². The van der Waals surface area contributed by atoms with Crippen molar-refractivity contribution in [2.24, 2.45) is 0 Å². The zero-order chi connectivity index (χ0) is 19.1. The zero-order valence-electron chi connectivity index (χ0n) is 13.3. The van der Waals surface area contributed by atoms with Gasteiger partial charge in [0.05, 0.1) is 4.92 Å². The monoisotopic (exact) mass is 384 g/mol. The zero-order valence-corrected chi connectivity index (χ0v) is 14.1. The number of halogens is 5. The van der Waals surface area contributed by atoms with E-state index in [1.165, 1.54) is 4.90 Å². The normalized spacial score (nSPS) is 13.0. The summed E-state index contributed by atoms with van der Waals surface area (Å²) in [6.07, 6.45) is -5.15. The maximum absolute atomic E-state index is 13.0. The molecule has 0 aliphatic heterocycles. The molecule has 0 amide bonds. The van der Waals surface area contributed by atoms with Crippen LogP contribution in [0.2, 0.25) is 0 Å². The summed E-state index contributed by atoms with van der Waals surface area (Å²) in [6.45, 7) is 0.0000201. The Labute approximate surface area is 145 Å². The molecule has 0 bridgehead atoms. The minimum atomic E-state index is -5.60. The second-order valence-corrected chi connectivity index (χ2v) is 6.00. The fraction of sp³-hybridized carbons (Fsp3) is 0.467. The van der Waals surface area contributed by atoms with E-state index in [0.29, 0.717) is 0 Å². The van der Waals surface area contributed by atoms with Crippen LogP contribution in [0.1, 0.15) is 18.4 Å². The van der Waals surface area contributed by atoms with Crippen molar-refractivity contribution < 1.29 is 26.9 Å². The highest BCUT2D eigenvalue weighted by Gasteiger charge is 2.56. The van der Waals surface area contributed by atoms with Crippen LogP contribution in [0.4, 0.5) is 22.0 Å². The largest absolute Gasteiger partial charge is 0.453 e. The Morgan fingerprint density at radius 2 is 1.84 bits per heavy atom. The highest BCUT2D eigenvalue weighted by molar-refractivity contribution is 8.02. The molecular formula is C15H17F5N2O2S. The van der Waals surface area contributed by atoms with Crippen LogP contribution in [0.5, 0.6) is 0 Å².